The second-order valence-corrected chi connectivity index (χ2v) is 19.4. The van der Waals surface area contributed by atoms with Crippen LogP contribution in [0, 0.1) is 6.57 Å². The molecule has 1 aromatic heterocycles. The third kappa shape index (κ3) is 7.72. The number of fused-ring (bicyclic) bond motifs is 5. The summed E-state index contributed by atoms with van der Waals surface area (Å²) in [6.07, 6.45) is 4.69. The van der Waals surface area contributed by atoms with Crippen LogP contribution in [0.15, 0.2) is 48.5 Å². The predicted octanol–water partition coefficient (Wildman–Crippen LogP) is 5.36. The highest BCUT2D eigenvalue weighted by Crippen LogP contribution is 2.46. The van der Waals surface area contributed by atoms with E-state index >= 15 is 0 Å². The normalized spacial score (nSPS) is 22.4. The summed E-state index contributed by atoms with van der Waals surface area (Å²) >= 11 is 0. The summed E-state index contributed by atoms with van der Waals surface area (Å²) in [6, 6.07) is 16.1. The first kappa shape index (κ1) is 42.6. The lowest BCUT2D eigenvalue weighted by atomic mass is 9.70. The second kappa shape index (κ2) is 17.2. The van der Waals surface area contributed by atoms with E-state index in [4.69, 9.17) is 6.57 Å². The molecule has 4 aromatic rings. The number of ketones is 1. The van der Waals surface area contributed by atoms with Crippen LogP contribution in [0.4, 0.5) is 11.4 Å². The van der Waals surface area contributed by atoms with E-state index in [2.05, 4.69) is 78.6 Å². The van der Waals surface area contributed by atoms with Crippen molar-refractivity contribution in [3.8, 4) is 0 Å². The number of nitrogens with one attached hydrogen (secondary N) is 2. The first-order valence-electron chi connectivity index (χ1n) is 23.7. The first-order chi connectivity index (χ1) is 31.0. The van der Waals surface area contributed by atoms with Crippen LogP contribution in [0.5, 0.6) is 0 Å². The minimum absolute atomic E-state index is 0.0796. The summed E-state index contributed by atoms with van der Waals surface area (Å²) in [4.78, 5) is 73.7. The SMILES string of the molecule is [C-]#[N+]c1ccc2c3c([nH]c2c1)C(C)(C)c1cc(N2CCC(N4CCN(CCN5CCN(CCc6cccc7c6CN(C6CCC(=O)NC6=O)C7=O)CC5)CC4)CC2)c(CC)cc1C3=O. The van der Waals surface area contributed by atoms with Gasteiger partial charge in [0.05, 0.1) is 12.1 Å². The standard InChI is InChI=1S/C51H61N9O4/c1-5-33-29-39-41(51(2,3)48-46(47(39)62)38-10-9-35(52-4)30-42(38)53-48)31-44(33)59-17-14-36(15-18-59)58-27-25-57(26-28-58)24-23-56-21-19-55(20-22-56)16-13-34-7-6-8-37-40(34)32-60(50(37)64)43-11-12-45(61)54-49(43)63/h6-10,29-31,36,43,53H,5,11-28,32H2,1-3H3,(H,54,61,63). The van der Waals surface area contributed by atoms with Gasteiger partial charge in [-0.1, -0.05) is 45.0 Å². The van der Waals surface area contributed by atoms with E-state index in [1.807, 2.05) is 30.3 Å². The number of rotatable bonds is 10. The van der Waals surface area contributed by atoms with Crippen molar-refractivity contribution in [3.05, 3.63) is 105 Å². The number of hydrogen-bond donors (Lipinski definition) is 2. The molecule has 4 saturated heterocycles. The van der Waals surface area contributed by atoms with Gasteiger partial charge in [-0.3, -0.25) is 39.2 Å². The average molecular weight is 864 g/mol. The van der Waals surface area contributed by atoms with E-state index < -0.39 is 6.04 Å². The molecule has 10 rings (SSSR count). The van der Waals surface area contributed by atoms with Gasteiger partial charge >= 0.3 is 0 Å². The maximum Gasteiger partial charge on any atom is 0.255 e. The molecule has 1 unspecified atom stereocenters. The number of aromatic amines is 1. The number of amides is 3. The zero-order chi connectivity index (χ0) is 44.3. The van der Waals surface area contributed by atoms with E-state index in [0.29, 0.717) is 30.3 Å². The number of carbonyl (C=O) groups excluding carboxylic acids is 4. The van der Waals surface area contributed by atoms with Crippen LogP contribution < -0.4 is 10.2 Å². The smallest absolute Gasteiger partial charge is 0.255 e. The van der Waals surface area contributed by atoms with Crippen LogP contribution in [0.3, 0.4) is 0 Å². The van der Waals surface area contributed by atoms with Gasteiger partial charge in [0.25, 0.3) is 5.91 Å². The van der Waals surface area contributed by atoms with E-state index in [-0.39, 0.29) is 35.3 Å². The molecule has 0 bridgehead atoms. The van der Waals surface area contributed by atoms with Gasteiger partial charge in [-0.15, -0.1) is 0 Å². The molecule has 64 heavy (non-hydrogen) atoms. The van der Waals surface area contributed by atoms with Crippen molar-refractivity contribution in [1.82, 2.24) is 34.8 Å². The van der Waals surface area contributed by atoms with Gasteiger partial charge in [0.2, 0.25) is 11.8 Å². The Hall–Kier alpha value is -5.39. The molecule has 0 saturated carbocycles. The Morgan fingerprint density at radius 1 is 0.781 bits per heavy atom. The average Bonchev–Trinajstić information content (AvgIpc) is 3.88. The Morgan fingerprint density at radius 3 is 2.17 bits per heavy atom. The summed E-state index contributed by atoms with van der Waals surface area (Å²) in [7, 11) is 0. The number of H-pyrrole nitrogens is 1. The number of benzene rings is 3. The first-order valence-corrected chi connectivity index (χ1v) is 23.7. The fraction of sp³-hybridized carbons (Fsp3) is 0.510. The third-order valence-electron chi connectivity index (χ3n) is 15.6. The summed E-state index contributed by atoms with van der Waals surface area (Å²) in [6.45, 7) is 28.5. The van der Waals surface area contributed by atoms with Crippen molar-refractivity contribution in [3.63, 3.8) is 0 Å². The van der Waals surface area contributed by atoms with Gasteiger partial charge in [-0.25, -0.2) is 4.85 Å². The Kier molecular flexibility index (Phi) is 11.4. The predicted molar refractivity (Wildman–Crippen MR) is 248 cm³/mol. The molecule has 1 aliphatic carbocycles. The van der Waals surface area contributed by atoms with Crippen LogP contribution in [-0.4, -0.2) is 150 Å². The molecule has 3 aromatic carbocycles. The van der Waals surface area contributed by atoms with Crippen molar-refractivity contribution >= 4 is 45.8 Å². The minimum Gasteiger partial charge on any atom is -0.371 e. The lowest BCUT2D eigenvalue weighted by Gasteiger charge is -2.44. The summed E-state index contributed by atoms with van der Waals surface area (Å²) in [5.74, 6) is -0.656. The van der Waals surface area contributed by atoms with Crippen LogP contribution in [0.25, 0.3) is 15.7 Å². The number of nitrogens with zero attached hydrogens (tertiary/aromatic N) is 7. The number of hydrogen-bond acceptors (Lipinski definition) is 9. The molecule has 13 nitrogen and oxygen atoms in total. The molecular weight excluding hydrogens is 803 g/mol. The maximum atomic E-state index is 14.2. The fourth-order valence-electron chi connectivity index (χ4n) is 11.7. The number of aromatic nitrogens is 1. The highest BCUT2D eigenvalue weighted by molar-refractivity contribution is 6.20. The number of anilines is 1. The largest absolute Gasteiger partial charge is 0.371 e. The van der Waals surface area contributed by atoms with E-state index in [9.17, 15) is 19.2 Å². The number of imide groups is 1. The molecule has 5 aliphatic heterocycles. The molecular formula is C51H61N9O4. The molecule has 6 aliphatic rings. The summed E-state index contributed by atoms with van der Waals surface area (Å²) in [5, 5.41) is 3.30. The van der Waals surface area contributed by atoms with Gasteiger partial charge in [0.1, 0.15) is 6.04 Å². The summed E-state index contributed by atoms with van der Waals surface area (Å²) in [5.41, 5.74) is 10.1. The van der Waals surface area contributed by atoms with Gasteiger partial charge in [-0.05, 0) is 78.6 Å². The van der Waals surface area contributed by atoms with Crippen LogP contribution >= 0.6 is 0 Å². The van der Waals surface area contributed by atoms with Crippen molar-refractivity contribution < 1.29 is 19.2 Å². The topological polar surface area (TPSA) is 120 Å². The van der Waals surface area contributed by atoms with E-state index in [0.717, 1.165) is 150 Å². The van der Waals surface area contributed by atoms with Crippen molar-refractivity contribution in [2.75, 3.05) is 90.0 Å². The molecule has 1 atom stereocenters. The number of aryl methyl sites for hydroxylation is 1. The zero-order valence-corrected chi connectivity index (χ0v) is 37.7. The monoisotopic (exact) mass is 863 g/mol. The molecule has 6 heterocycles. The number of piperidine rings is 2. The minimum atomic E-state index is -0.585. The molecule has 3 amide bonds. The Morgan fingerprint density at radius 2 is 1.48 bits per heavy atom. The van der Waals surface area contributed by atoms with Crippen LogP contribution in [0.2, 0.25) is 0 Å². The Labute approximate surface area is 376 Å². The molecule has 0 radical (unpaired) electrons. The lowest BCUT2D eigenvalue weighted by Crippen LogP contribution is -2.55. The number of carbonyl (C=O) groups is 4. The fourth-order valence-corrected chi connectivity index (χ4v) is 11.7. The third-order valence-corrected chi connectivity index (χ3v) is 15.6. The van der Waals surface area contributed by atoms with Crippen molar-refractivity contribution in [2.24, 2.45) is 0 Å². The Bertz CT molecular complexity index is 2550. The van der Waals surface area contributed by atoms with Gasteiger partial charge in [0.15, 0.2) is 11.5 Å². The molecule has 2 N–H and O–H groups in total. The van der Waals surface area contributed by atoms with E-state index in [1.165, 1.54) is 16.8 Å². The van der Waals surface area contributed by atoms with E-state index in [1.54, 1.807) is 4.90 Å². The van der Waals surface area contributed by atoms with Crippen molar-refractivity contribution in [2.45, 2.75) is 83.3 Å². The highest BCUT2D eigenvalue weighted by atomic mass is 16.2. The zero-order valence-electron chi connectivity index (χ0n) is 37.7. The molecule has 13 heteroatoms. The number of piperazine rings is 2. The quantitative estimate of drug-likeness (QED) is 0.161. The second-order valence-electron chi connectivity index (χ2n) is 19.4. The molecule has 334 valence electrons. The highest BCUT2D eigenvalue weighted by Gasteiger charge is 2.42. The molecule has 0 spiro atoms. The van der Waals surface area contributed by atoms with Crippen LogP contribution in [0.1, 0.15) is 101 Å². The van der Waals surface area contributed by atoms with Gasteiger partial charge in [0, 0.05) is 143 Å². The van der Waals surface area contributed by atoms with Crippen LogP contribution in [-0.2, 0) is 34.4 Å². The van der Waals surface area contributed by atoms with Crippen molar-refractivity contribution in [1.29, 1.82) is 0 Å². The lowest BCUT2D eigenvalue weighted by molar-refractivity contribution is -0.136. The van der Waals surface area contributed by atoms with Gasteiger partial charge in [-0.2, -0.15) is 0 Å². The Balaban J connectivity index is 0.674. The molecule has 4 fully saturated rings. The maximum absolute atomic E-state index is 14.2. The summed E-state index contributed by atoms with van der Waals surface area (Å²) < 4.78 is 0. The van der Waals surface area contributed by atoms with Gasteiger partial charge < -0.3 is 19.7 Å².